The lowest BCUT2D eigenvalue weighted by Gasteiger charge is -2.36. The summed E-state index contributed by atoms with van der Waals surface area (Å²) in [6, 6.07) is 3.39. The topological polar surface area (TPSA) is 35.6 Å². The number of urea groups is 1. The van der Waals surface area contributed by atoms with Gasteiger partial charge in [-0.2, -0.15) is 0 Å². The minimum absolute atomic E-state index is 0.149. The Hall–Kier alpha value is -2.11. The van der Waals surface area contributed by atoms with Gasteiger partial charge in [0.2, 0.25) is 0 Å². The fourth-order valence-electron chi connectivity index (χ4n) is 2.16. The molecule has 0 unspecified atom stereocenters. The minimum Gasteiger partial charge on any atom is -0.366 e. The van der Waals surface area contributed by atoms with Crippen molar-refractivity contribution in [2.75, 3.05) is 37.6 Å². The first-order valence-electron chi connectivity index (χ1n) is 6.45. The van der Waals surface area contributed by atoms with Crippen molar-refractivity contribution in [3.8, 4) is 0 Å². The molecule has 1 saturated heterocycles. The normalized spacial score (nSPS) is 15.1. The second-order valence-corrected chi connectivity index (χ2v) is 4.54. The highest BCUT2D eigenvalue weighted by molar-refractivity contribution is 5.74. The molecule has 1 N–H and O–H groups in total. The number of carbonyl (C=O) groups is 1. The molecule has 0 atom stereocenters. The zero-order valence-electron chi connectivity index (χ0n) is 11.1. The van der Waals surface area contributed by atoms with Crippen LogP contribution in [0, 0.1) is 11.6 Å². The predicted octanol–water partition coefficient (Wildman–Crippen LogP) is 1.98. The third kappa shape index (κ3) is 3.26. The highest BCUT2D eigenvalue weighted by atomic mass is 19.1. The van der Waals surface area contributed by atoms with Crippen molar-refractivity contribution < 1.29 is 13.6 Å². The van der Waals surface area contributed by atoms with Gasteiger partial charge in [0.15, 0.2) is 0 Å². The number of benzene rings is 1. The number of halogens is 2. The van der Waals surface area contributed by atoms with Crippen LogP contribution < -0.4 is 10.2 Å². The van der Waals surface area contributed by atoms with Gasteiger partial charge in [0.1, 0.15) is 11.6 Å². The fourth-order valence-corrected chi connectivity index (χ4v) is 2.16. The summed E-state index contributed by atoms with van der Waals surface area (Å²) in [6.45, 7) is 5.99. The highest BCUT2D eigenvalue weighted by Gasteiger charge is 2.22. The average Bonchev–Trinajstić information content (AvgIpc) is 2.45. The predicted molar refractivity (Wildman–Crippen MR) is 73.7 cm³/mol. The molecule has 0 aromatic heterocycles. The van der Waals surface area contributed by atoms with E-state index in [2.05, 4.69) is 11.9 Å². The molecule has 1 aliphatic rings. The molecular formula is C14H17F2N3O. The van der Waals surface area contributed by atoms with Crippen LogP contribution in [0.1, 0.15) is 0 Å². The number of hydrogen-bond donors (Lipinski definition) is 1. The molecule has 0 spiro atoms. The number of rotatable bonds is 3. The van der Waals surface area contributed by atoms with Gasteiger partial charge in [-0.25, -0.2) is 13.6 Å². The van der Waals surface area contributed by atoms with Gasteiger partial charge in [0, 0.05) is 38.8 Å². The van der Waals surface area contributed by atoms with Crippen molar-refractivity contribution in [1.29, 1.82) is 0 Å². The molecule has 1 aliphatic heterocycles. The lowest BCUT2D eigenvalue weighted by molar-refractivity contribution is 0.195. The highest BCUT2D eigenvalue weighted by Crippen LogP contribution is 2.21. The van der Waals surface area contributed by atoms with E-state index in [4.69, 9.17) is 0 Å². The second-order valence-electron chi connectivity index (χ2n) is 4.54. The first-order valence-corrected chi connectivity index (χ1v) is 6.45. The maximum absolute atomic E-state index is 13.7. The number of piperazine rings is 1. The quantitative estimate of drug-likeness (QED) is 0.860. The first-order chi connectivity index (χ1) is 9.61. The van der Waals surface area contributed by atoms with Gasteiger partial charge < -0.3 is 15.1 Å². The van der Waals surface area contributed by atoms with Crippen molar-refractivity contribution >= 4 is 11.7 Å². The summed E-state index contributed by atoms with van der Waals surface area (Å²) in [5.41, 5.74) is 0.373. The minimum atomic E-state index is -0.589. The lowest BCUT2D eigenvalue weighted by atomic mass is 10.2. The van der Waals surface area contributed by atoms with E-state index in [1.807, 2.05) is 4.90 Å². The van der Waals surface area contributed by atoms with Gasteiger partial charge in [-0.3, -0.25) is 0 Å². The first kappa shape index (κ1) is 14.3. The molecule has 6 heteroatoms. The van der Waals surface area contributed by atoms with Crippen molar-refractivity contribution in [3.63, 3.8) is 0 Å². The number of carbonyl (C=O) groups excluding carboxylic acids is 1. The third-order valence-electron chi connectivity index (χ3n) is 3.21. The zero-order chi connectivity index (χ0) is 14.5. The van der Waals surface area contributed by atoms with Crippen LogP contribution in [0.15, 0.2) is 30.9 Å². The van der Waals surface area contributed by atoms with Crippen LogP contribution in [0.3, 0.4) is 0 Å². The third-order valence-corrected chi connectivity index (χ3v) is 3.21. The maximum atomic E-state index is 13.7. The van der Waals surface area contributed by atoms with Crippen molar-refractivity contribution in [3.05, 3.63) is 42.5 Å². The molecule has 108 valence electrons. The largest absolute Gasteiger partial charge is 0.366 e. The van der Waals surface area contributed by atoms with Crippen molar-refractivity contribution in [2.24, 2.45) is 0 Å². The summed E-state index contributed by atoms with van der Waals surface area (Å²) in [5, 5.41) is 2.70. The molecule has 20 heavy (non-hydrogen) atoms. The second kappa shape index (κ2) is 6.36. The molecule has 0 radical (unpaired) electrons. The van der Waals surface area contributed by atoms with Gasteiger partial charge in [0.25, 0.3) is 0 Å². The Morgan fingerprint density at radius 1 is 1.30 bits per heavy atom. The Morgan fingerprint density at radius 2 is 2.00 bits per heavy atom. The summed E-state index contributed by atoms with van der Waals surface area (Å²) in [4.78, 5) is 15.2. The van der Waals surface area contributed by atoms with E-state index in [9.17, 15) is 13.6 Å². The van der Waals surface area contributed by atoms with Gasteiger partial charge in [-0.15, -0.1) is 6.58 Å². The SMILES string of the molecule is C=CCNC(=O)N1CCN(c2ccc(F)cc2F)CC1. The Kier molecular flexibility index (Phi) is 4.55. The number of amides is 2. The molecule has 1 fully saturated rings. The monoisotopic (exact) mass is 281 g/mol. The standard InChI is InChI=1S/C14H17F2N3O/c1-2-5-17-14(20)19-8-6-18(7-9-19)13-4-3-11(15)10-12(13)16/h2-4,10H,1,5-9H2,(H,17,20). The summed E-state index contributed by atoms with van der Waals surface area (Å²) in [6.07, 6.45) is 1.61. The van der Waals surface area contributed by atoms with Crippen LogP contribution >= 0.6 is 0 Å². The smallest absolute Gasteiger partial charge is 0.317 e. The lowest BCUT2D eigenvalue weighted by Crippen LogP contribution is -2.52. The number of nitrogens with one attached hydrogen (secondary N) is 1. The van der Waals surface area contributed by atoms with Gasteiger partial charge in [0.05, 0.1) is 5.69 Å². The molecule has 0 bridgehead atoms. The van der Waals surface area contributed by atoms with Crippen molar-refractivity contribution in [1.82, 2.24) is 10.2 Å². The molecule has 1 aromatic rings. The molecule has 2 amide bonds. The van der Waals surface area contributed by atoms with E-state index in [0.29, 0.717) is 38.4 Å². The van der Waals surface area contributed by atoms with Gasteiger partial charge in [-0.1, -0.05) is 6.08 Å². The zero-order valence-corrected chi connectivity index (χ0v) is 11.1. The molecule has 1 aromatic carbocycles. The van der Waals surface area contributed by atoms with E-state index < -0.39 is 11.6 Å². The van der Waals surface area contributed by atoms with E-state index >= 15 is 0 Å². The van der Waals surface area contributed by atoms with E-state index in [0.717, 1.165) is 6.07 Å². The Labute approximate surface area is 116 Å². The molecule has 2 rings (SSSR count). The van der Waals surface area contributed by atoms with E-state index in [1.165, 1.54) is 12.1 Å². The molecule has 0 aliphatic carbocycles. The number of hydrogen-bond acceptors (Lipinski definition) is 2. The maximum Gasteiger partial charge on any atom is 0.317 e. The Morgan fingerprint density at radius 3 is 2.60 bits per heavy atom. The van der Waals surface area contributed by atoms with Crippen molar-refractivity contribution in [2.45, 2.75) is 0 Å². The summed E-state index contributed by atoms with van der Waals surface area (Å²) >= 11 is 0. The number of anilines is 1. The summed E-state index contributed by atoms with van der Waals surface area (Å²) < 4.78 is 26.5. The Balaban J connectivity index is 1.94. The van der Waals surface area contributed by atoms with Crippen LogP contribution in [-0.4, -0.2) is 43.7 Å². The van der Waals surface area contributed by atoms with Gasteiger partial charge >= 0.3 is 6.03 Å². The van der Waals surface area contributed by atoms with Gasteiger partial charge in [-0.05, 0) is 12.1 Å². The van der Waals surface area contributed by atoms with Crippen LogP contribution in [0.5, 0.6) is 0 Å². The molecular weight excluding hydrogens is 264 g/mol. The average molecular weight is 281 g/mol. The van der Waals surface area contributed by atoms with Crippen LogP contribution in [0.25, 0.3) is 0 Å². The van der Waals surface area contributed by atoms with Crippen LogP contribution in [-0.2, 0) is 0 Å². The fraction of sp³-hybridized carbons (Fsp3) is 0.357. The van der Waals surface area contributed by atoms with E-state index in [1.54, 1.807) is 11.0 Å². The number of nitrogens with zero attached hydrogens (tertiary/aromatic N) is 2. The summed E-state index contributed by atoms with van der Waals surface area (Å²) in [7, 11) is 0. The van der Waals surface area contributed by atoms with Crippen LogP contribution in [0.4, 0.5) is 19.3 Å². The van der Waals surface area contributed by atoms with Crippen LogP contribution in [0.2, 0.25) is 0 Å². The molecule has 4 nitrogen and oxygen atoms in total. The Bertz CT molecular complexity index is 499. The molecule has 0 saturated carbocycles. The molecule has 1 heterocycles. The van der Waals surface area contributed by atoms with E-state index in [-0.39, 0.29) is 6.03 Å². The summed E-state index contributed by atoms with van der Waals surface area (Å²) in [5.74, 6) is -1.16.